The normalized spacial score (nSPS) is 22.2. The molecular formula is C22H25N5O5. The first-order valence-corrected chi connectivity index (χ1v) is 10.3. The molecule has 4 rings (SSSR count). The van der Waals surface area contributed by atoms with Gasteiger partial charge in [-0.1, -0.05) is 6.07 Å². The maximum Gasteiger partial charge on any atom is 0.333 e. The van der Waals surface area contributed by atoms with E-state index in [0.717, 1.165) is 15.4 Å². The first kappa shape index (κ1) is 21.7. The molecule has 2 saturated heterocycles. The van der Waals surface area contributed by atoms with Crippen molar-refractivity contribution in [3.05, 3.63) is 45.4 Å². The van der Waals surface area contributed by atoms with E-state index in [1.165, 1.54) is 24.6 Å². The molecule has 0 spiro atoms. The Hall–Kier alpha value is -3.53. The van der Waals surface area contributed by atoms with Gasteiger partial charge >= 0.3 is 6.03 Å². The number of aryl methyl sites for hydroxylation is 1. The van der Waals surface area contributed by atoms with Crippen molar-refractivity contribution >= 4 is 35.4 Å². The van der Waals surface area contributed by atoms with Gasteiger partial charge in [-0.2, -0.15) is 0 Å². The maximum atomic E-state index is 13.5. The Morgan fingerprint density at radius 2 is 1.62 bits per heavy atom. The van der Waals surface area contributed by atoms with Crippen LogP contribution in [0.25, 0.3) is 11.7 Å². The van der Waals surface area contributed by atoms with Crippen molar-refractivity contribution in [2.45, 2.75) is 33.0 Å². The molecule has 168 valence electrons. The van der Waals surface area contributed by atoms with Crippen LogP contribution in [0.4, 0.5) is 10.6 Å². The van der Waals surface area contributed by atoms with Crippen LogP contribution in [-0.4, -0.2) is 76.4 Å². The Bertz CT molecular complexity index is 1200. The molecule has 2 aliphatic heterocycles. The van der Waals surface area contributed by atoms with E-state index in [4.69, 9.17) is 9.72 Å². The molecule has 2 unspecified atom stereocenters. The van der Waals surface area contributed by atoms with Crippen molar-refractivity contribution in [3.63, 3.8) is 0 Å². The fraction of sp³-hybridized carbons (Fsp3) is 0.409. The van der Waals surface area contributed by atoms with Gasteiger partial charge < -0.3 is 9.64 Å². The second-order valence-electron chi connectivity index (χ2n) is 8.27. The predicted octanol–water partition coefficient (Wildman–Crippen LogP) is 1.05. The maximum absolute atomic E-state index is 13.5. The highest BCUT2D eigenvalue weighted by Crippen LogP contribution is 2.26. The number of anilines is 1. The topological polar surface area (TPSA) is 105 Å². The fourth-order valence-electron chi connectivity index (χ4n) is 4.14. The average Bonchev–Trinajstić information content (AvgIpc) is 2.75. The molecule has 2 aliphatic rings. The molecule has 2 aromatic rings. The van der Waals surface area contributed by atoms with Crippen molar-refractivity contribution in [2.24, 2.45) is 0 Å². The molecule has 2 aromatic heterocycles. The smallest absolute Gasteiger partial charge is 0.333 e. The molecular weight excluding hydrogens is 414 g/mol. The van der Waals surface area contributed by atoms with Gasteiger partial charge in [0.05, 0.1) is 17.8 Å². The number of amides is 4. The van der Waals surface area contributed by atoms with Crippen LogP contribution in [0.15, 0.2) is 28.7 Å². The summed E-state index contributed by atoms with van der Waals surface area (Å²) in [4.78, 5) is 59.5. The zero-order valence-electron chi connectivity index (χ0n) is 18.7. The van der Waals surface area contributed by atoms with E-state index >= 15 is 0 Å². The summed E-state index contributed by atoms with van der Waals surface area (Å²) in [6.45, 7) is 6.72. The van der Waals surface area contributed by atoms with Crippen LogP contribution in [0.5, 0.6) is 0 Å². The number of carbonyl (C=O) groups is 3. The van der Waals surface area contributed by atoms with Crippen LogP contribution in [-0.2, 0) is 14.3 Å². The highest BCUT2D eigenvalue weighted by molar-refractivity contribution is 6.30. The molecule has 0 aromatic carbocycles. The van der Waals surface area contributed by atoms with Gasteiger partial charge in [-0.15, -0.1) is 0 Å². The molecule has 4 heterocycles. The number of carbonyl (C=O) groups excluding carboxylic acids is 3. The summed E-state index contributed by atoms with van der Waals surface area (Å²) >= 11 is 0. The van der Waals surface area contributed by atoms with E-state index in [1.54, 1.807) is 12.3 Å². The zero-order valence-corrected chi connectivity index (χ0v) is 18.7. The largest absolute Gasteiger partial charge is 0.372 e. The second kappa shape index (κ2) is 7.86. The summed E-state index contributed by atoms with van der Waals surface area (Å²) in [5.74, 6) is -1.15. The van der Waals surface area contributed by atoms with Crippen molar-refractivity contribution in [2.75, 3.05) is 32.1 Å². The Balaban J connectivity index is 1.97. The highest BCUT2D eigenvalue weighted by Gasteiger charge is 2.38. The van der Waals surface area contributed by atoms with E-state index in [1.807, 2.05) is 31.7 Å². The van der Waals surface area contributed by atoms with Crippen LogP contribution >= 0.6 is 0 Å². The number of urea groups is 1. The van der Waals surface area contributed by atoms with E-state index in [9.17, 15) is 19.2 Å². The van der Waals surface area contributed by atoms with Crippen molar-refractivity contribution in [3.8, 4) is 0 Å². The number of pyridine rings is 1. The van der Waals surface area contributed by atoms with Crippen LogP contribution in [0.2, 0.25) is 0 Å². The summed E-state index contributed by atoms with van der Waals surface area (Å²) in [5.41, 5.74) is 0.746. The SMILES string of the molecule is Cc1cccn2c(=O)c(C=C3C(=O)N(C)C(=O)N(C)C3=O)c(N3CC(C)OC(C)C3)nc12. The number of hydrogen-bond donors (Lipinski definition) is 0. The highest BCUT2D eigenvalue weighted by atomic mass is 16.5. The van der Waals surface area contributed by atoms with Gasteiger partial charge in [-0.05, 0) is 38.5 Å². The first-order chi connectivity index (χ1) is 15.1. The molecule has 0 bridgehead atoms. The number of rotatable bonds is 2. The molecule has 0 radical (unpaired) electrons. The van der Waals surface area contributed by atoms with Crippen molar-refractivity contribution in [1.82, 2.24) is 19.2 Å². The summed E-state index contributed by atoms with van der Waals surface area (Å²) in [5, 5.41) is 0. The third kappa shape index (κ3) is 3.46. The van der Waals surface area contributed by atoms with Gasteiger partial charge in [0.1, 0.15) is 17.0 Å². The Labute approximate surface area is 184 Å². The van der Waals surface area contributed by atoms with Crippen LogP contribution in [0, 0.1) is 6.92 Å². The quantitative estimate of drug-likeness (QED) is 0.509. The molecule has 4 amide bonds. The van der Waals surface area contributed by atoms with Crippen LogP contribution in [0.3, 0.4) is 0 Å². The van der Waals surface area contributed by atoms with Gasteiger partial charge in [-0.3, -0.25) is 28.6 Å². The molecule has 10 heteroatoms. The molecule has 0 N–H and O–H groups in total. The number of aromatic nitrogens is 2. The number of barbiturate groups is 1. The Kier molecular flexibility index (Phi) is 5.33. The van der Waals surface area contributed by atoms with E-state index in [2.05, 4.69) is 0 Å². The molecule has 2 fully saturated rings. The summed E-state index contributed by atoms with van der Waals surface area (Å²) in [6.07, 6.45) is 2.67. The summed E-state index contributed by atoms with van der Waals surface area (Å²) < 4.78 is 7.21. The van der Waals surface area contributed by atoms with Crippen LogP contribution < -0.4 is 10.5 Å². The minimum atomic E-state index is -0.762. The molecule has 32 heavy (non-hydrogen) atoms. The summed E-state index contributed by atoms with van der Waals surface area (Å²) in [6, 6.07) is 2.87. The van der Waals surface area contributed by atoms with Gasteiger partial charge in [0, 0.05) is 33.4 Å². The summed E-state index contributed by atoms with van der Waals surface area (Å²) in [7, 11) is 2.59. The number of likely N-dealkylation sites (N-methyl/N-ethyl adjacent to an activating group) is 2. The van der Waals surface area contributed by atoms with Crippen molar-refractivity contribution in [1.29, 1.82) is 0 Å². The number of imide groups is 2. The number of fused-ring (bicyclic) bond motifs is 1. The van der Waals surface area contributed by atoms with E-state index in [0.29, 0.717) is 24.6 Å². The molecule has 10 nitrogen and oxygen atoms in total. The Morgan fingerprint density at radius 1 is 1.03 bits per heavy atom. The van der Waals surface area contributed by atoms with Gasteiger partial charge in [0.25, 0.3) is 17.4 Å². The lowest BCUT2D eigenvalue weighted by Gasteiger charge is -2.36. The number of morpholine rings is 1. The minimum Gasteiger partial charge on any atom is -0.372 e. The average molecular weight is 439 g/mol. The number of ether oxygens (including phenoxy) is 1. The lowest BCUT2D eigenvalue weighted by Crippen LogP contribution is -2.53. The van der Waals surface area contributed by atoms with Gasteiger partial charge in [-0.25, -0.2) is 9.78 Å². The second-order valence-corrected chi connectivity index (χ2v) is 8.27. The van der Waals surface area contributed by atoms with E-state index < -0.39 is 23.4 Å². The van der Waals surface area contributed by atoms with E-state index in [-0.39, 0.29) is 23.3 Å². The van der Waals surface area contributed by atoms with Crippen molar-refractivity contribution < 1.29 is 19.1 Å². The minimum absolute atomic E-state index is 0.0933. The van der Waals surface area contributed by atoms with Crippen LogP contribution in [0.1, 0.15) is 25.0 Å². The standard InChI is InChI=1S/C22H25N5O5/c1-12-7-6-8-27-17(12)23-18(26-10-13(2)32-14(3)11-26)15(21(27)30)9-16-19(28)24(4)22(31)25(5)20(16)29/h6-9,13-14H,10-11H2,1-5H3. The lowest BCUT2D eigenvalue weighted by atomic mass is 10.1. The third-order valence-corrected chi connectivity index (χ3v) is 5.72. The zero-order chi connectivity index (χ0) is 23.3. The predicted molar refractivity (Wildman–Crippen MR) is 117 cm³/mol. The molecule has 2 atom stereocenters. The van der Waals surface area contributed by atoms with Gasteiger partial charge in [0.2, 0.25) is 0 Å². The fourth-order valence-corrected chi connectivity index (χ4v) is 4.14. The monoisotopic (exact) mass is 439 g/mol. The Morgan fingerprint density at radius 3 is 2.22 bits per heavy atom. The third-order valence-electron chi connectivity index (χ3n) is 5.72. The van der Waals surface area contributed by atoms with Gasteiger partial charge in [0.15, 0.2) is 0 Å². The lowest BCUT2D eigenvalue weighted by molar-refractivity contribution is -0.134. The number of nitrogens with zero attached hydrogens (tertiary/aromatic N) is 5. The molecule has 0 saturated carbocycles. The number of hydrogen-bond acceptors (Lipinski definition) is 7. The molecule has 0 aliphatic carbocycles. The first-order valence-electron chi connectivity index (χ1n) is 10.3.